The van der Waals surface area contributed by atoms with E-state index in [1.54, 1.807) is 6.92 Å². The number of nitrogens with two attached hydrogens (primary N) is 1. The molecule has 1 heterocycles. The molecule has 4 nitrogen and oxygen atoms in total. The Morgan fingerprint density at radius 3 is 2.82 bits per heavy atom. The minimum absolute atomic E-state index is 0.106. The third-order valence-corrected chi connectivity index (χ3v) is 2.57. The third-order valence-electron chi connectivity index (χ3n) is 1.96. The summed E-state index contributed by atoms with van der Waals surface area (Å²) in [5, 5.41) is 0. The van der Waals surface area contributed by atoms with Crippen LogP contribution in [0.2, 0.25) is 0 Å². The number of ether oxygens (including phenoxy) is 1. The number of carbonyl (C=O) groups is 1. The first-order valence-electron chi connectivity index (χ1n) is 4.84. The highest BCUT2D eigenvalue weighted by molar-refractivity contribution is 9.10. The van der Waals surface area contributed by atoms with Crippen LogP contribution in [0.3, 0.4) is 0 Å². The number of hydrogen-bond donors (Lipinski definition) is 1. The topological polar surface area (TPSA) is 65.2 Å². The molecule has 0 saturated carbocycles. The maximum absolute atomic E-state index is 12.6. The van der Waals surface area contributed by atoms with Crippen molar-refractivity contribution in [2.24, 2.45) is 0 Å². The Kier molecular flexibility index (Phi) is 4.80. The first-order valence-corrected chi connectivity index (χ1v) is 5.63. The van der Waals surface area contributed by atoms with E-state index in [4.69, 9.17) is 10.5 Å². The largest absolute Gasteiger partial charge is 0.466 e. The standard InChI is InChI=1S/C10H11BrF2N2O2/c1-2-17-7(16)4-5-3-6(10(12)13)8(14)9(11)15-5/h3,10H,2,4,14H2,1H3. The summed E-state index contributed by atoms with van der Waals surface area (Å²) in [6, 6.07) is 1.11. The van der Waals surface area contributed by atoms with Crippen molar-refractivity contribution in [3.05, 3.63) is 21.9 Å². The minimum Gasteiger partial charge on any atom is -0.466 e. The number of hydrogen-bond acceptors (Lipinski definition) is 4. The second kappa shape index (κ2) is 5.90. The Morgan fingerprint density at radius 2 is 2.29 bits per heavy atom. The maximum Gasteiger partial charge on any atom is 0.311 e. The van der Waals surface area contributed by atoms with E-state index in [1.165, 1.54) is 0 Å². The van der Waals surface area contributed by atoms with Crippen LogP contribution in [-0.4, -0.2) is 17.6 Å². The van der Waals surface area contributed by atoms with Crippen molar-refractivity contribution >= 4 is 27.6 Å². The predicted octanol–water partition coefficient (Wildman–Crippen LogP) is 2.47. The van der Waals surface area contributed by atoms with E-state index in [0.29, 0.717) is 0 Å². The molecule has 7 heteroatoms. The van der Waals surface area contributed by atoms with E-state index >= 15 is 0 Å². The first kappa shape index (κ1) is 13.8. The van der Waals surface area contributed by atoms with Crippen molar-refractivity contribution in [2.75, 3.05) is 12.3 Å². The fraction of sp³-hybridized carbons (Fsp3) is 0.400. The van der Waals surface area contributed by atoms with Gasteiger partial charge in [-0.1, -0.05) is 0 Å². The highest BCUT2D eigenvalue weighted by Gasteiger charge is 2.17. The molecule has 94 valence electrons. The lowest BCUT2D eigenvalue weighted by molar-refractivity contribution is -0.142. The summed E-state index contributed by atoms with van der Waals surface area (Å²) in [6.45, 7) is 1.89. The van der Waals surface area contributed by atoms with Crippen molar-refractivity contribution in [3.8, 4) is 0 Å². The van der Waals surface area contributed by atoms with Crippen molar-refractivity contribution in [3.63, 3.8) is 0 Å². The molecule has 2 N–H and O–H groups in total. The minimum atomic E-state index is -2.71. The SMILES string of the molecule is CCOC(=O)Cc1cc(C(F)F)c(N)c(Br)n1. The van der Waals surface area contributed by atoms with Crippen LogP contribution in [0.25, 0.3) is 0 Å². The lowest BCUT2D eigenvalue weighted by atomic mass is 10.1. The summed E-state index contributed by atoms with van der Waals surface area (Å²) < 4.78 is 30.1. The van der Waals surface area contributed by atoms with E-state index in [9.17, 15) is 13.6 Å². The zero-order valence-corrected chi connectivity index (χ0v) is 10.6. The highest BCUT2D eigenvalue weighted by atomic mass is 79.9. The summed E-state index contributed by atoms with van der Waals surface area (Å²) in [6.07, 6.45) is -2.87. The summed E-state index contributed by atoms with van der Waals surface area (Å²) in [7, 11) is 0. The number of halogens is 3. The number of anilines is 1. The number of alkyl halides is 2. The van der Waals surface area contributed by atoms with Gasteiger partial charge in [0.15, 0.2) is 0 Å². The molecule has 1 aromatic heterocycles. The average Bonchev–Trinajstić information content (AvgIpc) is 2.23. The summed E-state index contributed by atoms with van der Waals surface area (Å²) in [4.78, 5) is 15.1. The molecule has 1 aromatic rings. The zero-order valence-electron chi connectivity index (χ0n) is 9.04. The van der Waals surface area contributed by atoms with Gasteiger partial charge in [0, 0.05) is 5.56 Å². The molecule has 0 aromatic carbocycles. The molecule has 1 rings (SSSR count). The Balaban J connectivity index is 2.98. The predicted molar refractivity (Wildman–Crippen MR) is 61.6 cm³/mol. The molecule has 0 aliphatic carbocycles. The van der Waals surface area contributed by atoms with Gasteiger partial charge in [0.2, 0.25) is 0 Å². The molecule has 0 saturated heterocycles. The zero-order chi connectivity index (χ0) is 13.0. The molecule has 0 amide bonds. The van der Waals surface area contributed by atoms with Crippen molar-refractivity contribution in [2.45, 2.75) is 19.8 Å². The number of aromatic nitrogens is 1. The van der Waals surface area contributed by atoms with E-state index in [2.05, 4.69) is 20.9 Å². The Hall–Kier alpha value is -1.24. The number of carbonyl (C=O) groups excluding carboxylic acids is 1. The lowest BCUT2D eigenvalue weighted by Crippen LogP contribution is -2.10. The number of rotatable bonds is 4. The molecule has 0 bridgehead atoms. The van der Waals surface area contributed by atoms with E-state index in [-0.39, 0.29) is 34.6 Å². The van der Waals surface area contributed by atoms with Gasteiger partial charge in [-0.05, 0) is 28.9 Å². The van der Waals surface area contributed by atoms with Gasteiger partial charge < -0.3 is 10.5 Å². The van der Waals surface area contributed by atoms with Gasteiger partial charge in [0.1, 0.15) is 4.60 Å². The molecule has 0 unspecified atom stereocenters. The smallest absolute Gasteiger partial charge is 0.311 e. The van der Waals surface area contributed by atoms with Gasteiger partial charge in [-0.25, -0.2) is 13.8 Å². The average molecular weight is 309 g/mol. The normalized spacial score (nSPS) is 10.6. The lowest BCUT2D eigenvalue weighted by Gasteiger charge is -2.09. The molecule has 0 aliphatic rings. The number of nitrogen functional groups attached to an aromatic ring is 1. The van der Waals surface area contributed by atoms with Gasteiger partial charge in [-0.3, -0.25) is 4.79 Å². The molecule has 0 aliphatic heterocycles. The molecule has 0 spiro atoms. The molecule has 17 heavy (non-hydrogen) atoms. The highest BCUT2D eigenvalue weighted by Crippen LogP contribution is 2.30. The number of esters is 1. The van der Waals surface area contributed by atoms with E-state index in [0.717, 1.165) is 6.07 Å². The molecular formula is C10H11BrF2N2O2. The maximum atomic E-state index is 12.6. The van der Waals surface area contributed by atoms with Gasteiger partial charge >= 0.3 is 5.97 Å². The van der Waals surface area contributed by atoms with Crippen LogP contribution in [0, 0.1) is 0 Å². The Morgan fingerprint density at radius 1 is 1.65 bits per heavy atom. The fourth-order valence-corrected chi connectivity index (χ4v) is 1.68. The van der Waals surface area contributed by atoms with Gasteiger partial charge in [-0.15, -0.1) is 0 Å². The van der Waals surface area contributed by atoms with Crippen LogP contribution in [0.1, 0.15) is 24.6 Å². The van der Waals surface area contributed by atoms with E-state index in [1.807, 2.05) is 0 Å². The molecule has 0 fully saturated rings. The number of pyridine rings is 1. The first-order chi connectivity index (χ1) is 7.95. The molecule has 0 atom stereocenters. The second-order valence-electron chi connectivity index (χ2n) is 3.19. The quantitative estimate of drug-likeness (QED) is 0.685. The Bertz CT molecular complexity index is 427. The second-order valence-corrected chi connectivity index (χ2v) is 3.94. The van der Waals surface area contributed by atoms with Crippen LogP contribution < -0.4 is 5.73 Å². The van der Waals surface area contributed by atoms with Crippen molar-refractivity contribution in [1.82, 2.24) is 4.98 Å². The van der Waals surface area contributed by atoms with Crippen LogP contribution in [0.4, 0.5) is 14.5 Å². The van der Waals surface area contributed by atoms with Gasteiger partial charge in [-0.2, -0.15) is 0 Å². The van der Waals surface area contributed by atoms with Crippen LogP contribution >= 0.6 is 15.9 Å². The van der Waals surface area contributed by atoms with Crippen LogP contribution in [0.15, 0.2) is 10.7 Å². The summed E-state index contributed by atoms with van der Waals surface area (Å²) in [5.41, 5.74) is 5.17. The summed E-state index contributed by atoms with van der Waals surface area (Å²) in [5.74, 6) is -0.517. The monoisotopic (exact) mass is 308 g/mol. The van der Waals surface area contributed by atoms with E-state index < -0.39 is 12.4 Å². The summed E-state index contributed by atoms with van der Waals surface area (Å²) >= 11 is 2.97. The number of nitrogens with zero attached hydrogens (tertiary/aromatic N) is 1. The van der Waals surface area contributed by atoms with Gasteiger partial charge in [0.05, 0.1) is 24.4 Å². The molecule has 0 radical (unpaired) electrons. The fourth-order valence-electron chi connectivity index (χ4n) is 1.23. The molecular weight excluding hydrogens is 298 g/mol. The van der Waals surface area contributed by atoms with Gasteiger partial charge in [0.25, 0.3) is 6.43 Å². The van der Waals surface area contributed by atoms with Crippen LogP contribution in [-0.2, 0) is 16.0 Å². The van der Waals surface area contributed by atoms with Crippen LogP contribution in [0.5, 0.6) is 0 Å². The third kappa shape index (κ3) is 3.62. The van der Waals surface area contributed by atoms with Crippen molar-refractivity contribution in [1.29, 1.82) is 0 Å². The Labute approximate surface area is 105 Å². The van der Waals surface area contributed by atoms with Crippen molar-refractivity contribution < 1.29 is 18.3 Å².